The number of aryl methyl sites for hydroxylation is 1. The van der Waals surface area contributed by atoms with Crippen molar-refractivity contribution < 1.29 is 9.90 Å². The van der Waals surface area contributed by atoms with Crippen molar-refractivity contribution in [1.29, 1.82) is 0 Å². The summed E-state index contributed by atoms with van der Waals surface area (Å²) in [6.45, 7) is 2.98. The lowest BCUT2D eigenvalue weighted by molar-refractivity contribution is -0.123. The summed E-state index contributed by atoms with van der Waals surface area (Å²) in [5.41, 5.74) is 1.07. The second kappa shape index (κ2) is 4.23. The number of aliphatic hydroxyl groups is 1. The molecule has 0 aliphatic carbocycles. The Balaban J connectivity index is 1.89. The molecule has 0 bridgehead atoms. The van der Waals surface area contributed by atoms with Crippen molar-refractivity contribution in [3.8, 4) is 0 Å². The highest BCUT2D eigenvalue weighted by atomic mass is 16.3. The first-order valence-corrected chi connectivity index (χ1v) is 5.37. The fraction of sp³-hybridized carbons (Fsp3) is 0.417. The molecule has 4 nitrogen and oxygen atoms in total. The van der Waals surface area contributed by atoms with Gasteiger partial charge in [-0.05, 0) is 19.1 Å². The number of anilines is 1. The molecule has 1 saturated heterocycles. The summed E-state index contributed by atoms with van der Waals surface area (Å²) in [5, 5.41) is 15.5. The van der Waals surface area contributed by atoms with E-state index in [-0.39, 0.29) is 12.3 Å². The standard InChI is InChI=1S/C12H16N2O2/c1-9-2-4-10(5-3-9)14-11(15)6-12(16)7-13-8-12/h2-5,13,16H,6-8H2,1H3,(H,14,15). The Bertz CT molecular complexity index is 383. The van der Waals surface area contributed by atoms with Gasteiger partial charge in [0.05, 0.1) is 12.0 Å². The van der Waals surface area contributed by atoms with Gasteiger partial charge in [0.25, 0.3) is 0 Å². The lowest BCUT2D eigenvalue weighted by Gasteiger charge is -2.36. The summed E-state index contributed by atoms with van der Waals surface area (Å²) in [5.74, 6) is -0.146. The number of hydrogen-bond donors (Lipinski definition) is 3. The molecule has 0 unspecified atom stereocenters. The van der Waals surface area contributed by atoms with E-state index in [0.29, 0.717) is 13.1 Å². The van der Waals surface area contributed by atoms with Crippen LogP contribution in [0.4, 0.5) is 5.69 Å². The lowest BCUT2D eigenvalue weighted by atomic mass is 9.93. The molecule has 1 heterocycles. The highest BCUT2D eigenvalue weighted by Gasteiger charge is 2.36. The number of benzene rings is 1. The summed E-state index contributed by atoms with van der Waals surface area (Å²) < 4.78 is 0. The van der Waals surface area contributed by atoms with E-state index in [0.717, 1.165) is 11.3 Å². The second-order valence-corrected chi connectivity index (χ2v) is 4.42. The smallest absolute Gasteiger partial charge is 0.227 e. The summed E-state index contributed by atoms with van der Waals surface area (Å²) in [6, 6.07) is 7.59. The number of carbonyl (C=O) groups is 1. The van der Waals surface area contributed by atoms with Crippen LogP contribution in [-0.4, -0.2) is 29.7 Å². The highest BCUT2D eigenvalue weighted by Crippen LogP contribution is 2.17. The number of rotatable bonds is 3. The molecule has 16 heavy (non-hydrogen) atoms. The minimum Gasteiger partial charge on any atom is -0.387 e. The highest BCUT2D eigenvalue weighted by molar-refractivity contribution is 5.91. The third-order valence-electron chi connectivity index (χ3n) is 2.73. The molecule has 1 aromatic carbocycles. The predicted octanol–water partition coefficient (Wildman–Crippen LogP) is 0.658. The zero-order valence-corrected chi connectivity index (χ0v) is 9.29. The SMILES string of the molecule is Cc1ccc(NC(=O)CC2(O)CNC2)cc1. The molecule has 2 rings (SSSR count). The molecule has 3 N–H and O–H groups in total. The van der Waals surface area contributed by atoms with Gasteiger partial charge in [0.15, 0.2) is 0 Å². The lowest BCUT2D eigenvalue weighted by Crippen LogP contribution is -2.60. The van der Waals surface area contributed by atoms with Crippen molar-refractivity contribution in [3.05, 3.63) is 29.8 Å². The van der Waals surface area contributed by atoms with E-state index < -0.39 is 5.60 Å². The van der Waals surface area contributed by atoms with Gasteiger partial charge in [-0.3, -0.25) is 4.79 Å². The van der Waals surface area contributed by atoms with Crippen LogP contribution in [0.5, 0.6) is 0 Å². The van der Waals surface area contributed by atoms with Crippen molar-refractivity contribution in [1.82, 2.24) is 5.32 Å². The van der Waals surface area contributed by atoms with Gasteiger partial charge in [0, 0.05) is 18.8 Å². The fourth-order valence-corrected chi connectivity index (χ4v) is 1.68. The largest absolute Gasteiger partial charge is 0.387 e. The van der Waals surface area contributed by atoms with Crippen LogP contribution in [0.2, 0.25) is 0 Å². The van der Waals surface area contributed by atoms with Gasteiger partial charge in [-0.1, -0.05) is 17.7 Å². The number of carbonyl (C=O) groups excluding carboxylic acids is 1. The molecule has 0 saturated carbocycles. The van der Waals surface area contributed by atoms with Crippen LogP contribution in [0.3, 0.4) is 0 Å². The molecular weight excluding hydrogens is 204 g/mol. The molecule has 4 heteroatoms. The third kappa shape index (κ3) is 2.59. The average Bonchev–Trinajstić information content (AvgIpc) is 2.19. The summed E-state index contributed by atoms with van der Waals surface area (Å²) in [4.78, 5) is 11.6. The predicted molar refractivity (Wildman–Crippen MR) is 62.2 cm³/mol. The van der Waals surface area contributed by atoms with Crippen LogP contribution in [-0.2, 0) is 4.79 Å². The average molecular weight is 220 g/mol. The molecule has 1 aliphatic heterocycles. The Hall–Kier alpha value is -1.39. The zero-order chi connectivity index (χ0) is 11.6. The molecule has 1 aromatic rings. The third-order valence-corrected chi connectivity index (χ3v) is 2.73. The number of amides is 1. The van der Waals surface area contributed by atoms with E-state index in [1.54, 1.807) is 0 Å². The van der Waals surface area contributed by atoms with Crippen LogP contribution < -0.4 is 10.6 Å². The van der Waals surface area contributed by atoms with Crippen LogP contribution in [0.1, 0.15) is 12.0 Å². The van der Waals surface area contributed by atoms with Gasteiger partial charge < -0.3 is 15.7 Å². The Morgan fingerprint density at radius 2 is 2.06 bits per heavy atom. The first kappa shape index (κ1) is 11.1. The number of nitrogens with one attached hydrogen (secondary N) is 2. The molecule has 1 aliphatic rings. The van der Waals surface area contributed by atoms with Crippen molar-refractivity contribution in [2.24, 2.45) is 0 Å². The van der Waals surface area contributed by atoms with Crippen LogP contribution in [0, 0.1) is 6.92 Å². The molecule has 1 amide bonds. The molecule has 0 atom stereocenters. The zero-order valence-electron chi connectivity index (χ0n) is 9.29. The van der Waals surface area contributed by atoms with Crippen molar-refractivity contribution in [2.75, 3.05) is 18.4 Å². The van der Waals surface area contributed by atoms with E-state index >= 15 is 0 Å². The van der Waals surface area contributed by atoms with Gasteiger partial charge in [-0.2, -0.15) is 0 Å². The maximum Gasteiger partial charge on any atom is 0.227 e. The maximum atomic E-state index is 11.6. The van der Waals surface area contributed by atoms with Crippen LogP contribution in [0.15, 0.2) is 24.3 Å². The summed E-state index contributed by atoms with van der Waals surface area (Å²) in [6.07, 6.45) is 0.147. The van der Waals surface area contributed by atoms with Gasteiger partial charge >= 0.3 is 0 Å². The minimum absolute atomic E-state index is 0.146. The second-order valence-electron chi connectivity index (χ2n) is 4.42. The Morgan fingerprint density at radius 1 is 1.44 bits per heavy atom. The molecule has 1 fully saturated rings. The fourth-order valence-electron chi connectivity index (χ4n) is 1.68. The van der Waals surface area contributed by atoms with Crippen molar-refractivity contribution >= 4 is 11.6 Å². The first-order valence-electron chi connectivity index (χ1n) is 5.37. The van der Waals surface area contributed by atoms with E-state index in [4.69, 9.17) is 0 Å². The Morgan fingerprint density at radius 3 is 2.56 bits per heavy atom. The maximum absolute atomic E-state index is 11.6. The normalized spacial score (nSPS) is 17.6. The molecule has 86 valence electrons. The van der Waals surface area contributed by atoms with Crippen molar-refractivity contribution in [2.45, 2.75) is 18.9 Å². The van der Waals surface area contributed by atoms with Crippen LogP contribution >= 0.6 is 0 Å². The molecule has 0 radical (unpaired) electrons. The monoisotopic (exact) mass is 220 g/mol. The number of hydrogen-bond acceptors (Lipinski definition) is 3. The Kier molecular flexibility index (Phi) is 2.94. The van der Waals surface area contributed by atoms with E-state index in [2.05, 4.69) is 10.6 Å². The topological polar surface area (TPSA) is 61.4 Å². The molecular formula is C12H16N2O2. The van der Waals surface area contributed by atoms with Gasteiger partial charge in [-0.25, -0.2) is 0 Å². The molecule has 0 spiro atoms. The van der Waals surface area contributed by atoms with Crippen molar-refractivity contribution in [3.63, 3.8) is 0 Å². The first-order chi connectivity index (χ1) is 7.57. The Labute approximate surface area is 94.7 Å². The molecule has 0 aromatic heterocycles. The van der Waals surface area contributed by atoms with Gasteiger partial charge in [0.2, 0.25) is 5.91 Å². The van der Waals surface area contributed by atoms with E-state index in [1.165, 1.54) is 0 Å². The van der Waals surface area contributed by atoms with Gasteiger partial charge in [-0.15, -0.1) is 0 Å². The van der Waals surface area contributed by atoms with Gasteiger partial charge in [0.1, 0.15) is 0 Å². The summed E-state index contributed by atoms with van der Waals surface area (Å²) in [7, 11) is 0. The van der Waals surface area contributed by atoms with E-state index in [9.17, 15) is 9.90 Å². The summed E-state index contributed by atoms with van der Waals surface area (Å²) >= 11 is 0. The minimum atomic E-state index is -0.852. The number of β-amino-alcohol motifs (C(OH)–C–C–N with tert-alkyl or cyclic N) is 1. The van der Waals surface area contributed by atoms with E-state index in [1.807, 2.05) is 31.2 Å². The van der Waals surface area contributed by atoms with Crippen LogP contribution in [0.25, 0.3) is 0 Å². The quantitative estimate of drug-likeness (QED) is 0.701.